The average Bonchev–Trinajstić information content (AvgIpc) is 2.91. The van der Waals surface area contributed by atoms with Crippen molar-refractivity contribution in [1.29, 1.82) is 0 Å². The minimum absolute atomic E-state index is 0.00942. The average molecular weight is 523 g/mol. The Morgan fingerprint density at radius 3 is 2.38 bits per heavy atom. The Balaban J connectivity index is 1.62. The number of rotatable bonds is 10. The van der Waals surface area contributed by atoms with E-state index >= 15 is 0 Å². The van der Waals surface area contributed by atoms with Crippen LogP contribution in [0.25, 0.3) is 0 Å². The third kappa shape index (κ3) is 7.80. The topological polar surface area (TPSA) is 58.6 Å². The van der Waals surface area contributed by atoms with Gasteiger partial charge in [0.2, 0.25) is 5.91 Å². The summed E-state index contributed by atoms with van der Waals surface area (Å²) in [5, 5.41) is 3.74. The van der Waals surface area contributed by atoms with Crippen molar-refractivity contribution >= 4 is 23.4 Å². The van der Waals surface area contributed by atoms with Crippen LogP contribution in [0.4, 0.5) is 4.39 Å². The molecule has 0 unspecified atom stereocenters. The van der Waals surface area contributed by atoms with Crippen molar-refractivity contribution in [2.45, 2.75) is 57.2 Å². The van der Waals surface area contributed by atoms with Gasteiger partial charge >= 0.3 is 0 Å². The largest absolute Gasteiger partial charge is 0.481 e. The molecule has 1 aliphatic carbocycles. The number of nitrogens with one attached hydrogen (secondary N) is 1. The Morgan fingerprint density at radius 1 is 0.946 bits per heavy atom. The van der Waals surface area contributed by atoms with Crippen LogP contribution >= 0.6 is 11.6 Å². The number of para-hydroxylation sites is 1. The van der Waals surface area contributed by atoms with Crippen LogP contribution in [0.15, 0.2) is 78.9 Å². The van der Waals surface area contributed by atoms with Gasteiger partial charge in [0.15, 0.2) is 18.2 Å². The Kier molecular flexibility index (Phi) is 9.55. The minimum Gasteiger partial charge on any atom is -0.481 e. The highest BCUT2D eigenvalue weighted by Crippen LogP contribution is 2.21. The molecule has 7 heteroatoms. The Bertz CT molecular complexity index is 1180. The van der Waals surface area contributed by atoms with Crippen LogP contribution in [-0.2, 0) is 22.6 Å². The smallest absolute Gasteiger partial charge is 0.261 e. The molecule has 5 nitrogen and oxygen atoms in total. The number of carbonyl (C=O) groups excluding carboxylic acids is 2. The number of amides is 2. The number of carbonyl (C=O) groups is 2. The summed E-state index contributed by atoms with van der Waals surface area (Å²) >= 11 is 6.22. The summed E-state index contributed by atoms with van der Waals surface area (Å²) in [5.74, 6) is -1.17. The molecule has 0 aliphatic heterocycles. The van der Waals surface area contributed by atoms with Gasteiger partial charge in [-0.25, -0.2) is 4.39 Å². The fraction of sp³-hybridized carbons (Fsp3) is 0.333. The molecule has 0 spiro atoms. The van der Waals surface area contributed by atoms with Crippen molar-refractivity contribution in [2.75, 3.05) is 6.61 Å². The summed E-state index contributed by atoms with van der Waals surface area (Å²) < 4.78 is 19.7. The highest BCUT2D eigenvalue weighted by Gasteiger charge is 2.32. The lowest BCUT2D eigenvalue weighted by Crippen LogP contribution is -2.53. The van der Waals surface area contributed by atoms with Gasteiger partial charge < -0.3 is 15.0 Å². The monoisotopic (exact) mass is 522 g/mol. The van der Waals surface area contributed by atoms with E-state index in [-0.39, 0.29) is 24.2 Å². The van der Waals surface area contributed by atoms with Gasteiger partial charge in [-0.15, -0.1) is 0 Å². The van der Waals surface area contributed by atoms with Crippen molar-refractivity contribution in [3.8, 4) is 5.75 Å². The van der Waals surface area contributed by atoms with Gasteiger partial charge in [-0.05, 0) is 48.2 Å². The zero-order valence-corrected chi connectivity index (χ0v) is 21.5. The molecule has 2 amide bonds. The van der Waals surface area contributed by atoms with Crippen molar-refractivity contribution < 1.29 is 18.7 Å². The van der Waals surface area contributed by atoms with Gasteiger partial charge in [-0.2, -0.15) is 0 Å². The third-order valence-corrected chi connectivity index (χ3v) is 6.89. The molecule has 0 aromatic heterocycles. The number of nitrogens with zero attached hydrogens (tertiary/aromatic N) is 1. The summed E-state index contributed by atoms with van der Waals surface area (Å²) in [6.07, 6.45) is 5.54. The number of hydrogen-bond donors (Lipinski definition) is 1. The van der Waals surface area contributed by atoms with Gasteiger partial charge in [0.25, 0.3) is 5.91 Å². The van der Waals surface area contributed by atoms with Crippen LogP contribution in [-0.4, -0.2) is 35.4 Å². The Morgan fingerprint density at radius 2 is 1.65 bits per heavy atom. The molecule has 1 aliphatic rings. The lowest BCUT2D eigenvalue weighted by Gasteiger charge is -2.33. The van der Waals surface area contributed by atoms with Crippen molar-refractivity contribution in [3.63, 3.8) is 0 Å². The highest BCUT2D eigenvalue weighted by molar-refractivity contribution is 6.30. The van der Waals surface area contributed by atoms with E-state index in [0.717, 1.165) is 36.8 Å². The predicted molar refractivity (Wildman–Crippen MR) is 143 cm³/mol. The lowest BCUT2D eigenvalue weighted by molar-refractivity contribution is -0.143. The first-order valence-corrected chi connectivity index (χ1v) is 13.1. The van der Waals surface area contributed by atoms with E-state index in [1.807, 2.05) is 42.5 Å². The molecule has 0 saturated heterocycles. The SMILES string of the molecule is O=C(NC1CCCCC1)[C@@H](Cc1ccccc1)N(Cc1cccc(Cl)c1)C(=O)COc1ccccc1F. The van der Waals surface area contributed by atoms with E-state index in [4.69, 9.17) is 16.3 Å². The molecule has 37 heavy (non-hydrogen) atoms. The van der Waals surface area contributed by atoms with Crippen LogP contribution in [0.3, 0.4) is 0 Å². The van der Waals surface area contributed by atoms with Gasteiger partial charge in [0, 0.05) is 24.0 Å². The molecular weight excluding hydrogens is 491 g/mol. The van der Waals surface area contributed by atoms with E-state index in [9.17, 15) is 14.0 Å². The van der Waals surface area contributed by atoms with E-state index in [0.29, 0.717) is 11.4 Å². The van der Waals surface area contributed by atoms with Gasteiger partial charge in [0.1, 0.15) is 6.04 Å². The van der Waals surface area contributed by atoms with E-state index in [1.54, 1.807) is 24.3 Å². The Hall–Kier alpha value is -3.38. The molecule has 3 aromatic rings. The molecule has 1 N–H and O–H groups in total. The zero-order chi connectivity index (χ0) is 26.0. The molecule has 0 radical (unpaired) electrons. The summed E-state index contributed by atoms with van der Waals surface area (Å²) in [6.45, 7) is -0.237. The number of ether oxygens (including phenoxy) is 1. The maximum Gasteiger partial charge on any atom is 0.261 e. The van der Waals surface area contributed by atoms with Crippen LogP contribution in [0.5, 0.6) is 5.75 Å². The number of halogens is 2. The maximum absolute atomic E-state index is 14.1. The highest BCUT2D eigenvalue weighted by atomic mass is 35.5. The van der Waals surface area contributed by atoms with Crippen molar-refractivity contribution in [2.24, 2.45) is 0 Å². The third-order valence-electron chi connectivity index (χ3n) is 6.65. The second kappa shape index (κ2) is 13.2. The first-order chi connectivity index (χ1) is 18.0. The van der Waals surface area contributed by atoms with Gasteiger partial charge in [-0.1, -0.05) is 85.5 Å². The van der Waals surface area contributed by atoms with Crippen LogP contribution < -0.4 is 10.1 Å². The normalized spacial score (nSPS) is 14.5. The van der Waals surface area contributed by atoms with E-state index in [2.05, 4.69) is 5.32 Å². The first-order valence-electron chi connectivity index (χ1n) is 12.7. The summed E-state index contributed by atoms with van der Waals surface area (Å²) in [4.78, 5) is 28.9. The molecule has 3 aromatic carbocycles. The summed E-state index contributed by atoms with van der Waals surface area (Å²) in [7, 11) is 0. The lowest BCUT2D eigenvalue weighted by atomic mass is 9.94. The summed E-state index contributed by atoms with van der Waals surface area (Å²) in [5.41, 5.74) is 1.72. The molecule has 1 atom stereocenters. The summed E-state index contributed by atoms with van der Waals surface area (Å²) in [6, 6.07) is 22.1. The van der Waals surface area contributed by atoms with Crippen molar-refractivity contribution in [1.82, 2.24) is 10.2 Å². The van der Waals surface area contributed by atoms with E-state index in [1.165, 1.54) is 23.5 Å². The maximum atomic E-state index is 14.1. The molecule has 0 bridgehead atoms. The van der Waals surface area contributed by atoms with Gasteiger partial charge in [0.05, 0.1) is 0 Å². The van der Waals surface area contributed by atoms with Gasteiger partial charge in [-0.3, -0.25) is 9.59 Å². The second-order valence-corrected chi connectivity index (χ2v) is 9.86. The molecule has 1 fully saturated rings. The number of hydrogen-bond acceptors (Lipinski definition) is 3. The second-order valence-electron chi connectivity index (χ2n) is 9.42. The molecule has 4 rings (SSSR count). The molecule has 0 heterocycles. The molecular formula is C30H32ClFN2O3. The fourth-order valence-electron chi connectivity index (χ4n) is 4.71. The molecule has 1 saturated carbocycles. The number of benzene rings is 3. The molecule has 194 valence electrons. The quantitative estimate of drug-likeness (QED) is 0.358. The Labute approximate surface area is 222 Å². The minimum atomic E-state index is -0.778. The zero-order valence-electron chi connectivity index (χ0n) is 20.7. The predicted octanol–water partition coefficient (Wildman–Crippen LogP) is 5.95. The van der Waals surface area contributed by atoms with Crippen molar-refractivity contribution in [3.05, 3.63) is 101 Å². The standard InChI is InChI=1S/C30H32ClFN2O3/c31-24-13-9-12-23(18-24)20-34(29(35)21-37-28-17-8-7-16-26(28)32)27(19-22-10-3-1-4-11-22)30(36)33-25-14-5-2-6-15-25/h1,3-4,7-13,16-18,25,27H,2,5-6,14-15,19-21H2,(H,33,36)/t27-/m1/s1. The van der Waals surface area contributed by atoms with Crippen LogP contribution in [0.2, 0.25) is 5.02 Å². The van der Waals surface area contributed by atoms with Crippen LogP contribution in [0, 0.1) is 5.82 Å². The fourth-order valence-corrected chi connectivity index (χ4v) is 4.93. The van der Waals surface area contributed by atoms with E-state index < -0.39 is 24.4 Å². The van der Waals surface area contributed by atoms with Crippen LogP contribution in [0.1, 0.15) is 43.2 Å². The first kappa shape index (κ1) is 26.7.